The van der Waals surface area contributed by atoms with Crippen LogP contribution in [0.25, 0.3) is 0 Å². The summed E-state index contributed by atoms with van der Waals surface area (Å²) in [5.41, 5.74) is 5.62. The Morgan fingerprint density at radius 3 is 2.54 bits per heavy atom. The van der Waals surface area contributed by atoms with E-state index in [1.165, 1.54) is 32.8 Å². The summed E-state index contributed by atoms with van der Waals surface area (Å²) in [4.78, 5) is 11.6. The number of hydrogen-bond donors (Lipinski definition) is 1. The molecule has 0 aromatic carbocycles. The molecule has 1 atom stereocenters. The van der Waals surface area contributed by atoms with Gasteiger partial charge in [0.2, 0.25) is 0 Å². The Bertz CT molecular complexity index is 233. The maximum absolute atomic E-state index is 11.6. The Labute approximate surface area is 78.6 Å². The molecule has 3 nitrogen and oxygen atoms in total. The molecule has 2 aliphatic carbocycles. The van der Waals surface area contributed by atoms with Gasteiger partial charge in [0.05, 0.1) is 12.5 Å². The third-order valence-corrected chi connectivity index (χ3v) is 4.02. The number of hydrogen-bond acceptors (Lipinski definition) is 3. The van der Waals surface area contributed by atoms with E-state index in [-0.39, 0.29) is 16.8 Å². The van der Waals surface area contributed by atoms with E-state index in [2.05, 4.69) is 0 Å². The highest BCUT2D eigenvalue weighted by Crippen LogP contribution is 2.71. The van der Waals surface area contributed by atoms with Gasteiger partial charge in [-0.2, -0.15) is 0 Å². The highest BCUT2D eigenvalue weighted by Gasteiger charge is 2.71. The highest BCUT2D eigenvalue weighted by molar-refractivity contribution is 5.82. The Balaban J connectivity index is 2.17. The minimum atomic E-state index is -0.307. The molecule has 0 radical (unpaired) electrons. The Hall–Kier alpha value is -0.570. The van der Waals surface area contributed by atoms with Crippen molar-refractivity contribution in [1.29, 1.82) is 0 Å². The number of carbonyl (C=O) groups is 1. The van der Waals surface area contributed by atoms with Crippen molar-refractivity contribution in [3.63, 3.8) is 0 Å². The zero-order valence-electron chi connectivity index (χ0n) is 8.14. The second-order valence-electron chi connectivity index (χ2n) is 4.44. The summed E-state index contributed by atoms with van der Waals surface area (Å²) in [6, 6.07) is 0. The van der Waals surface area contributed by atoms with Crippen LogP contribution in [0.3, 0.4) is 0 Å². The van der Waals surface area contributed by atoms with Crippen molar-refractivity contribution in [3.05, 3.63) is 0 Å². The van der Waals surface area contributed by atoms with Crippen molar-refractivity contribution in [2.24, 2.45) is 16.6 Å². The van der Waals surface area contributed by atoms with Gasteiger partial charge in [-0.3, -0.25) is 4.79 Å². The molecule has 2 fully saturated rings. The number of ether oxygens (including phenoxy) is 1. The molecule has 2 saturated carbocycles. The third-order valence-electron chi connectivity index (χ3n) is 4.02. The molecule has 0 amide bonds. The summed E-state index contributed by atoms with van der Waals surface area (Å²) in [6.45, 7) is 0.458. The molecule has 0 aliphatic heterocycles. The van der Waals surface area contributed by atoms with Crippen LogP contribution in [-0.4, -0.2) is 19.6 Å². The average molecular weight is 183 g/mol. The molecule has 0 bridgehead atoms. The second-order valence-corrected chi connectivity index (χ2v) is 4.44. The molecular formula is C10H17NO2. The van der Waals surface area contributed by atoms with E-state index in [1.807, 2.05) is 0 Å². The molecule has 2 N–H and O–H groups in total. The smallest absolute Gasteiger partial charge is 0.313 e. The van der Waals surface area contributed by atoms with Gasteiger partial charge in [0.1, 0.15) is 0 Å². The Kier molecular flexibility index (Phi) is 1.88. The van der Waals surface area contributed by atoms with Gasteiger partial charge in [-0.1, -0.05) is 12.8 Å². The zero-order valence-corrected chi connectivity index (χ0v) is 8.14. The third kappa shape index (κ3) is 0.966. The molecule has 13 heavy (non-hydrogen) atoms. The van der Waals surface area contributed by atoms with Crippen molar-refractivity contribution < 1.29 is 9.53 Å². The lowest BCUT2D eigenvalue weighted by Crippen LogP contribution is -2.31. The van der Waals surface area contributed by atoms with Crippen LogP contribution in [0.4, 0.5) is 0 Å². The predicted octanol–water partition coefficient (Wildman–Crippen LogP) is 1.07. The first-order chi connectivity index (χ1) is 6.21. The standard InChI is InChI=1S/C10H17NO2/c1-13-8(12)10(7-11)6-9(10)4-2-3-5-9/h2-7,11H2,1H3/t10-/m0/s1. The van der Waals surface area contributed by atoms with Gasteiger partial charge in [-0.25, -0.2) is 0 Å². The van der Waals surface area contributed by atoms with Crippen LogP contribution in [0.2, 0.25) is 0 Å². The average Bonchev–Trinajstić information content (AvgIpc) is 2.52. The van der Waals surface area contributed by atoms with Crippen LogP contribution in [-0.2, 0) is 9.53 Å². The van der Waals surface area contributed by atoms with E-state index in [4.69, 9.17) is 10.5 Å². The first kappa shape index (κ1) is 9.00. The monoisotopic (exact) mass is 183 g/mol. The molecule has 3 heteroatoms. The highest BCUT2D eigenvalue weighted by atomic mass is 16.5. The fraction of sp³-hybridized carbons (Fsp3) is 0.900. The molecule has 0 aromatic heterocycles. The summed E-state index contributed by atoms with van der Waals surface area (Å²) in [5.74, 6) is -0.0862. The summed E-state index contributed by atoms with van der Waals surface area (Å²) in [5, 5.41) is 0. The van der Waals surface area contributed by atoms with Crippen molar-refractivity contribution in [1.82, 2.24) is 0 Å². The van der Waals surface area contributed by atoms with Crippen LogP contribution < -0.4 is 5.73 Å². The van der Waals surface area contributed by atoms with Gasteiger partial charge in [0.25, 0.3) is 0 Å². The Morgan fingerprint density at radius 1 is 1.46 bits per heavy atom. The first-order valence-electron chi connectivity index (χ1n) is 4.99. The zero-order chi connectivity index (χ0) is 9.53. The summed E-state index contributed by atoms with van der Waals surface area (Å²) >= 11 is 0. The lowest BCUT2D eigenvalue weighted by Gasteiger charge is -2.17. The fourth-order valence-corrected chi connectivity index (χ4v) is 3.10. The first-order valence-corrected chi connectivity index (χ1v) is 4.99. The summed E-state index contributed by atoms with van der Waals surface area (Å²) in [6.07, 6.45) is 5.79. The Morgan fingerprint density at radius 2 is 2.08 bits per heavy atom. The molecule has 0 saturated heterocycles. The minimum absolute atomic E-state index is 0.0862. The van der Waals surface area contributed by atoms with Gasteiger partial charge in [-0.05, 0) is 24.7 Å². The van der Waals surface area contributed by atoms with E-state index in [0.717, 1.165) is 6.42 Å². The van der Waals surface area contributed by atoms with Crippen molar-refractivity contribution in [2.75, 3.05) is 13.7 Å². The van der Waals surface area contributed by atoms with Crippen LogP contribution in [0.1, 0.15) is 32.1 Å². The van der Waals surface area contributed by atoms with Gasteiger partial charge in [0, 0.05) is 6.54 Å². The summed E-state index contributed by atoms with van der Waals surface area (Å²) < 4.78 is 4.84. The quantitative estimate of drug-likeness (QED) is 0.651. The number of carbonyl (C=O) groups excluding carboxylic acids is 1. The van der Waals surface area contributed by atoms with Gasteiger partial charge < -0.3 is 10.5 Å². The largest absolute Gasteiger partial charge is 0.469 e. The van der Waals surface area contributed by atoms with Gasteiger partial charge in [0.15, 0.2) is 0 Å². The maximum Gasteiger partial charge on any atom is 0.313 e. The van der Waals surface area contributed by atoms with Crippen LogP contribution >= 0.6 is 0 Å². The molecule has 74 valence electrons. The molecule has 0 unspecified atom stereocenters. The fourth-order valence-electron chi connectivity index (χ4n) is 3.10. The number of nitrogens with two attached hydrogens (primary N) is 1. The van der Waals surface area contributed by atoms with E-state index in [1.54, 1.807) is 0 Å². The second kappa shape index (κ2) is 2.71. The number of methoxy groups -OCH3 is 1. The van der Waals surface area contributed by atoms with E-state index in [0.29, 0.717) is 6.54 Å². The number of rotatable bonds is 2. The van der Waals surface area contributed by atoms with E-state index >= 15 is 0 Å². The molecule has 1 spiro atoms. The number of esters is 1. The van der Waals surface area contributed by atoms with Crippen LogP contribution in [0.5, 0.6) is 0 Å². The molecule has 2 rings (SSSR count). The summed E-state index contributed by atoms with van der Waals surface area (Å²) in [7, 11) is 1.46. The van der Waals surface area contributed by atoms with Crippen molar-refractivity contribution in [3.8, 4) is 0 Å². The van der Waals surface area contributed by atoms with Gasteiger partial charge in [-0.15, -0.1) is 0 Å². The topological polar surface area (TPSA) is 52.3 Å². The lowest BCUT2D eigenvalue weighted by atomic mass is 9.91. The SMILES string of the molecule is COC(=O)[C@@]1(CN)CC12CCCC2. The molecule has 0 heterocycles. The minimum Gasteiger partial charge on any atom is -0.469 e. The van der Waals surface area contributed by atoms with Crippen LogP contribution in [0, 0.1) is 10.8 Å². The van der Waals surface area contributed by atoms with Crippen LogP contribution in [0.15, 0.2) is 0 Å². The van der Waals surface area contributed by atoms with Crippen molar-refractivity contribution in [2.45, 2.75) is 32.1 Å². The van der Waals surface area contributed by atoms with Gasteiger partial charge >= 0.3 is 5.97 Å². The maximum atomic E-state index is 11.6. The molecular weight excluding hydrogens is 166 g/mol. The van der Waals surface area contributed by atoms with Crippen molar-refractivity contribution >= 4 is 5.97 Å². The predicted molar refractivity (Wildman–Crippen MR) is 49.0 cm³/mol. The molecule has 2 aliphatic rings. The van der Waals surface area contributed by atoms with E-state index in [9.17, 15) is 4.79 Å². The molecule has 0 aromatic rings. The normalized spacial score (nSPS) is 34.9. The lowest BCUT2D eigenvalue weighted by molar-refractivity contribution is -0.148. The van der Waals surface area contributed by atoms with E-state index < -0.39 is 0 Å².